The highest BCUT2D eigenvalue weighted by molar-refractivity contribution is 7.22. The number of esters is 1. The maximum Gasteiger partial charge on any atom is 0.323 e. The second kappa shape index (κ2) is 6.93. The minimum Gasteiger partial charge on any atom is -0.469 e. The van der Waals surface area contributed by atoms with Gasteiger partial charge < -0.3 is 14.7 Å². The number of hydrogen-bond acceptors (Lipinski definition) is 6. The Kier molecular flexibility index (Phi) is 4.87. The van der Waals surface area contributed by atoms with Gasteiger partial charge in [-0.05, 0) is 25.0 Å². The molecule has 1 saturated heterocycles. The Hall–Kier alpha value is -2.26. The molecule has 2 heterocycles. The first-order valence-corrected chi connectivity index (χ1v) is 8.57. The maximum atomic E-state index is 13.6. The maximum absolute atomic E-state index is 13.6. The zero-order valence-electron chi connectivity index (χ0n) is 13.8. The van der Waals surface area contributed by atoms with Gasteiger partial charge in [0.15, 0.2) is 5.13 Å². The van der Waals surface area contributed by atoms with E-state index in [1.165, 1.54) is 29.4 Å². The largest absolute Gasteiger partial charge is 0.469 e. The standard InChI is InChI=1S/C16H18FN3O4S/c1-8-3-13-12(5-11(8)17)18-15(25-13)19-16(23)20-6-9(14(22)24-2)4-10(21)7-20/h3,5,9-10,21H,4,6-7H2,1-2H3,(H,18,19,23). The summed E-state index contributed by atoms with van der Waals surface area (Å²) in [5.41, 5.74) is 0.976. The van der Waals surface area contributed by atoms with Crippen LogP contribution in [0.4, 0.5) is 14.3 Å². The van der Waals surface area contributed by atoms with E-state index >= 15 is 0 Å². The minimum atomic E-state index is -0.796. The van der Waals surface area contributed by atoms with Crippen molar-refractivity contribution in [3.63, 3.8) is 0 Å². The third-order valence-corrected chi connectivity index (χ3v) is 5.07. The molecule has 0 aliphatic carbocycles. The number of thiazole rings is 1. The van der Waals surface area contributed by atoms with Crippen LogP contribution in [0.2, 0.25) is 0 Å². The number of ether oxygens (including phenoxy) is 1. The molecule has 1 aromatic heterocycles. The molecule has 2 aromatic rings. The van der Waals surface area contributed by atoms with Crippen LogP contribution in [0.3, 0.4) is 0 Å². The fourth-order valence-corrected chi connectivity index (χ4v) is 3.79. The van der Waals surface area contributed by atoms with E-state index in [2.05, 4.69) is 10.3 Å². The number of nitrogens with one attached hydrogen (secondary N) is 1. The highest BCUT2D eigenvalue weighted by Gasteiger charge is 2.33. The molecule has 2 N–H and O–H groups in total. The average Bonchev–Trinajstić information content (AvgIpc) is 2.94. The van der Waals surface area contributed by atoms with Crippen LogP contribution >= 0.6 is 11.3 Å². The number of fused-ring (bicyclic) bond motifs is 1. The van der Waals surface area contributed by atoms with E-state index in [9.17, 15) is 19.1 Å². The van der Waals surface area contributed by atoms with Crippen LogP contribution in [-0.4, -0.2) is 53.3 Å². The Morgan fingerprint density at radius 3 is 2.92 bits per heavy atom. The molecule has 7 nitrogen and oxygen atoms in total. The second-order valence-corrected chi connectivity index (χ2v) is 7.06. The number of rotatable bonds is 2. The van der Waals surface area contributed by atoms with Gasteiger partial charge in [0.05, 0.1) is 29.3 Å². The van der Waals surface area contributed by atoms with E-state index in [0.29, 0.717) is 16.2 Å². The number of methoxy groups -OCH3 is 1. The molecule has 2 amide bonds. The molecule has 25 heavy (non-hydrogen) atoms. The highest BCUT2D eigenvalue weighted by atomic mass is 32.1. The number of amides is 2. The zero-order chi connectivity index (χ0) is 18.1. The summed E-state index contributed by atoms with van der Waals surface area (Å²) in [5, 5.41) is 12.9. The average molecular weight is 367 g/mol. The Balaban J connectivity index is 1.74. The lowest BCUT2D eigenvalue weighted by atomic mass is 9.96. The summed E-state index contributed by atoms with van der Waals surface area (Å²) in [5.74, 6) is -1.37. The number of likely N-dealkylation sites (tertiary alicyclic amines) is 1. The first-order chi connectivity index (χ1) is 11.9. The van der Waals surface area contributed by atoms with Crippen molar-refractivity contribution >= 4 is 38.7 Å². The number of aryl methyl sites for hydroxylation is 1. The molecule has 0 radical (unpaired) electrons. The zero-order valence-corrected chi connectivity index (χ0v) is 14.6. The Labute approximate surface area is 147 Å². The summed E-state index contributed by atoms with van der Waals surface area (Å²) in [7, 11) is 1.27. The Bertz CT molecular complexity index is 786. The normalized spacial score (nSPS) is 20.6. The molecule has 0 saturated carbocycles. The second-order valence-electron chi connectivity index (χ2n) is 6.03. The van der Waals surface area contributed by atoms with Crippen molar-refractivity contribution in [1.82, 2.24) is 9.88 Å². The van der Waals surface area contributed by atoms with Crippen LogP contribution < -0.4 is 5.32 Å². The molecule has 3 rings (SSSR count). The smallest absolute Gasteiger partial charge is 0.323 e. The number of nitrogens with zero attached hydrogens (tertiary/aromatic N) is 2. The van der Waals surface area contributed by atoms with Gasteiger partial charge in [-0.1, -0.05) is 11.3 Å². The van der Waals surface area contributed by atoms with Crippen molar-refractivity contribution in [3.8, 4) is 0 Å². The van der Waals surface area contributed by atoms with Crippen molar-refractivity contribution < 1.29 is 23.8 Å². The number of benzene rings is 1. The van der Waals surface area contributed by atoms with Gasteiger partial charge in [-0.3, -0.25) is 10.1 Å². The molecule has 1 fully saturated rings. The van der Waals surface area contributed by atoms with Gasteiger partial charge in [0.25, 0.3) is 0 Å². The fourth-order valence-electron chi connectivity index (χ4n) is 2.85. The van der Waals surface area contributed by atoms with E-state index in [1.807, 2.05) is 0 Å². The SMILES string of the molecule is COC(=O)C1CC(O)CN(C(=O)Nc2nc3cc(F)c(C)cc3s2)C1. The minimum absolute atomic E-state index is 0.123. The number of hydrogen-bond donors (Lipinski definition) is 2. The molecule has 0 bridgehead atoms. The molecule has 0 spiro atoms. The van der Waals surface area contributed by atoms with Crippen molar-refractivity contribution in [2.24, 2.45) is 5.92 Å². The lowest BCUT2D eigenvalue weighted by Gasteiger charge is -2.34. The van der Waals surface area contributed by atoms with Crippen molar-refractivity contribution in [2.75, 3.05) is 25.5 Å². The molecule has 1 aromatic carbocycles. The van der Waals surface area contributed by atoms with Gasteiger partial charge in [-0.2, -0.15) is 0 Å². The van der Waals surface area contributed by atoms with Gasteiger partial charge in [-0.25, -0.2) is 14.2 Å². The molecule has 1 aliphatic heterocycles. The van der Waals surface area contributed by atoms with E-state index in [4.69, 9.17) is 4.74 Å². The summed E-state index contributed by atoms with van der Waals surface area (Å²) in [6.07, 6.45) is -0.536. The van der Waals surface area contributed by atoms with Crippen LogP contribution in [0, 0.1) is 18.7 Å². The lowest BCUT2D eigenvalue weighted by molar-refractivity contribution is -0.148. The predicted molar refractivity (Wildman–Crippen MR) is 91.0 cm³/mol. The van der Waals surface area contributed by atoms with Crippen LogP contribution in [0.1, 0.15) is 12.0 Å². The first-order valence-electron chi connectivity index (χ1n) is 7.76. The molecule has 2 unspecified atom stereocenters. The summed E-state index contributed by atoms with van der Waals surface area (Å²) >= 11 is 1.23. The molecule has 134 valence electrons. The molecule has 2 atom stereocenters. The van der Waals surface area contributed by atoms with Crippen LogP contribution in [-0.2, 0) is 9.53 Å². The number of aliphatic hydroxyl groups excluding tert-OH is 1. The number of piperidine rings is 1. The summed E-state index contributed by atoms with van der Waals surface area (Å²) in [4.78, 5) is 29.7. The number of aromatic nitrogens is 1. The first kappa shape index (κ1) is 17.6. The fraction of sp³-hybridized carbons (Fsp3) is 0.438. The monoisotopic (exact) mass is 367 g/mol. The van der Waals surface area contributed by atoms with E-state index in [0.717, 1.165) is 4.70 Å². The third-order valence-electron chi connectivity index (χ3n) is 4.13. The number of β-amino-alcohol motifs (C(OH)–C–C–N with tert-alkyl or cyclic N) is 1. The summed E-state index contributed by atoms with van der Waals surface area (Å²) in [6, 6.07) is 2.54. The number of carbonyl (C=O) groups excluding carboxylic acids is 2. The number of anilines is 1. The quantitative estimate of drug-likeness (QED) is 0.794. The van der Waals surface area contributed by atoms with Crippen LogP contribution in [0.5, 0.6) is 0 Å². The third kappa shape index (κ3) is 3.72. The van der Waals surface area contributed by atoms with Crippen molar-refractivity contribution in [2.45, 2.75) is 19.4 Å². The summed E-state index contributed by atoms with van der Waals surface area (Å²) < 4.78 is 19.1. The van der Waals surface area contributed by atoms with Crippen LogP contribution in [0.15, 0.2) is 12.1 Å². The topological polar surface area (TPSA) is 91.8 Å². The molecule has 9 heteroatoms. The molecular weight excluding hydrogens is 349 g/mol. The lowest BCUT2D eigenvalue weighted by Crippen LogP contribution is -2.49. The van der Waals surface area contributed by atoms with Gasteiger partial charge in [0, 0.05) is 19.2 Å². The number of halogens is 1. The van der Waals surface area contributed by atoms with Crippen molar-refractivity contribution in [1.29, 1.82) is 0 Å². The number of urea groups is 1. The van der Waals surface area contributed by atoms with Crippen LogP contribution in [0.25, 0.3) is 10.2 Å². The van der Waals surface area contributed by atoms with Gasteiger partial charge in [0.2, 0.25) is 0 Å². The number of carbonyl (C=O) groups is 2. The highest BCUT2D eigenvalue weighted by Crippen LogP contribution is 2.28. The van der Waals surface area contributed by atoms with Gasteiger partial charge >= 0.3 is 12.0 Å². The van der Waals surface area contributed by atoms with E-state index in [1.54, 1.807) is 13.0 Å². The van der Waals surface area contributed by atoms with E-state index < -0.39 is 24.0 Å². The van der Waals surface area contributed by atoms with Crippen molar-refractivity contribution in [3.05, 3.63) is 23.5 Å². The van der Waals surface area contributed by atoms with Gasteiger partial charge in [-0.15, -0.1) is 0 Å². The predicted octanol–water partition coefficient (Wildman–Crippen LogP) is 2.13. The van der Waals surface area contributed by atoms with Gasteiger partial charge in [0.1, 0.15) is 5.82 Å². The molecular formula is C16H18FN3O4S. The molecule has 1 aliphatic rings. The van der Waals surface area contributed by atoms with E-state index in [-0.39, 0.29) is 25.3 Å². The number of aliphatic hydroxyl groups is 1. The summed E-state index contributed by atoms with van der Waals surface area (Å²) in [6.45, 7) is 1.95. The Morgan fingerprint density at radius 2 is 2.20 bits per heavy atom. The Morgan fingerprint density at radius 1 is 1.44 bits per heavy atom.